The van der Waals surface area contributed by atoms with Crippen molar-refractivity contribution in [1.29, 1.82) is 0 Å². The van der Waals surface area contributed by atoms with Crippen molar-refractivity contribution in [1.82, 2.24) is 0 Å². The molecule has 0 saturated carbocycles. The fourth-order valence-electron chi connectivity index (χ4n) is 2.63. The van der Waals surface area contributed by atoms with E-state index in [0.29, 0.717) is 17.7 Å². The zero-order chi connectivity index (χ0) is 16.4. The van der Waals surface area contributed by atoms with Gasteiger partial charge in [-0.25, -0.2) is 0 Å². The van der Waals surface area contributed by atoms with Crippen molar-refractivity contribution in [2.24, 2.45) is 0 Å². The van der Waals surface area contributed by atoms with Gasteiger partial charge in [0.15, 0.2) is 0 Å². The zero-order valence-electron chi connectivity index (χ0n) is 12.7. The van der Waals surface area contributed by atoms with E-state index in [9.17, 15) is 14.9 Å². The molecule has 1 heterocycles. The van der Waals surface area contributed by atoms with E-state index in [4.69, 9.17) is 0 Å². The lowest BCUT2D eigenvalue weighted by atomic mass is 10.1. The van der Waals surface area contributed by atoms with Gasteiger partial charge in [-0.3, -0.25) is 14.9 Å². The molecule has 6 heteroatoms. The number of thioether (sulfide) groups is 1. The van der Waals surface area contributed by atoms with Crippen molar-refractivity contribution in [2.45, 2.75) is 18.2 Å². The molecule has 0 bridgehead atoms. The molecule has 0 unspecified atom stereocenters. The van der Waals surface area contributed by atoms with E-state index < -0.39 is 4.92 Å². The summed E-state index contributed by atoms with van der Waals surface area (Å²) < 4.78 is 0. The zero-order valence-corrected chi connectivity index (χ0v) is 13.5. The summed E-state index contributed by atoms with van der Waals surface area (Å²) in [7, 11) is 0. The van der Waals surface area contributed by atoms with E-state index >= 15 is 0 Å². The third kappa shape index (κ3) is 3.07. The van der Waals surface area contributed by atoms with Crippen molar-refractivity contribution in [3.8, 4) is 0 Å². The Hall–Kier alpha value is -2.34. The highest BCUT2D eigenvalue weighted by Gasteiger charge is 2.24. The van der Waals surface area contributed by atoms with E-state index in [0.717, 1.165) is 22.8 Å². The van der Waals surface area contributed by atoms with Gasteiger partial charge >= 0.3 is 0 Å². The van der Waals surface area contributed by atoms with E-state index in [-0.39, 0.29) is 11.6 Å². The Labute approximate surface area is 138 Å². The van der Waals surface area contributed by atoms with Crippen LogP contribution in [-0.4, -0.2) is 23.1 Å². The summed E-state index contributed by atoms with van der Waals surface area (Å²) in [4.78, 5) is 26.3. The first-order valence-corrected chi connectivity index (χ1v) is 8.35. The van der Waals surface area contributed by atoms with Crippen molar-refractivity contribution >= 4 is 29.0 Å². The van der Waals surface area contributed by atoms with Crippen molar-refractivity contribution < 1.29 is 9.72 Å². The first kappa shape index (κ1) is 15.6. The summed E-state index contributed by atoms with van der Waals surface area (Å²) >= 11 is 1.73. The van der Waals surface area contributed by atoms with E-state index in [2.05, 4.69) is 0 Å². The predicted octanol–water partition coefficient (Wildman–Crippen LogP) is 4.05. The maximum atomic E-state index is 12.9. The quantitative estimate of drug-likeness (QED) is 0.616. The molecule has 2 aromatic carbocycles. The van der Waals surface area contributed by atoms with Gasteiger partial charge in [-0.05, 0) is 37.3 Å². The van der Waals surface area contributed by atoms with Gasteiger partial charge < -0.3 is 4.90 Å². The molecular formula is C17H16N2O3S. The monoisotopic (exact) mass is 328 g/mol. The molecule has 0 spiro atoms. The number of carbonyl (C=O) groups is 1. The van der Waals surface area contributed by atoms with Crippen molar-refractivity contribution in [3.63, 3.8) is 0 Å². The standard InChI is InChI=1S/C17H16N2O3S/c1-12-7-8-13(11-15(12)19(21)22)17(20)18-9-4-10-23-16-6-3-2-5-14(16)18/h2-3,5-8,11H,4,9-10H2,1H3. The smallest absolute Gasteiger partial charge is 0.273 e. The van der Waals surface area contributed by atoms with Crippen LogP contribution in [0.1, 0.15) is 22.3 Å². The predicted molar refractivity (Wildman–Crippen MR) is 91.3 cm³/mol. The molecule has 23 heavy (non-hydrogen) atoms. The molecule has 2 aromatic rings. The van der Waals surface area contributed by atoms with Gasteiger partial charge in [0.25, 0.3) is 11.6 Å². The molecule has 5 nitrogen and oxygen atoms in total. The molecule has 1 aliphatic heterocycles. The Kier molecular flexibility index (Phi) is 4.34. The normalized spacial score (nSPS) is 14.0. The van der Waals surface area contributed by atoms with Crippen molar-refractivity contribution in [3.05, 3.63) is 63.7 Å². The number of hydrogen-bond acceptors (Lipinski definition) is 4. The molecule has 1 amide bonds. The van der Waals surface area contributed by atoms with E-state index in [1.165, 1.54) is 6.07 Å². The number of aryl methyl sites for hydroxylation is 1. The van der Waals surface area contributed by atoms with Gasteiger partial charge in [-0.15, -0.1) is 11.8 Å². The highest BCUT2D eigenvalue weighted by Crippen LogP contribution is 2.34. The molecule has 118 valence electrons. The summed E-state index contributed by atoms with van der Waals surface area (Å²) in [6.45, 7) is 2.29. The van der Waals surface area contributed by atoms with Gasteiger partial charge in [0, 0.05) is 28.6 Å². The summed E-state index contributed by atoms with van der Waals surface area (Å²) in [5, 5.41) is 11.1. The van der Waals surface area contributed by atoms with Crippen LogP contribution in [0.3, 0.4) is 0 Å². The van der Waals surface area contributed by atoms with E-state index in [1.807, 2.05) is 24.3 Å². The largest absolute Gasteiger partial charge is 0.307 e. The van der Waals surface area contributed by atoms with Crippen LogP contribution in [0.25, 0.3) is 0 Å². The molecule has 0 radical (unpaired) electrons. The van der Waals surface area contributed by atoms with Crippen LogP contribution in [0, 0.1) is 17.0 Å². The first-order chi connectivity index (χ1) is 11.1. The number of carbonyl (C=O) groups excluding carboxylic acids is 1. The molecule has 0 N–H and O–H groups in total. The molecule has 0 atom stereocenters. The SMILES string of the molecule is Cc1ccc(C(=O)N2CCCSc3ccccc32)cc1[N+](=O)[O-]. The average Bonchev–Trinajstić information content (AvgIpc) is 2.77. The van der Waals surface area contributed by atoms with Crippen LogP contribution in [0.5, 0.6) is 0 Å². The van der Waals surface area contributed by atoms with E-state index in [1.54, 1.807) is 35.7 Å². The summed E-state index contributed by atoms with van der Waals surface area (Å²) in [6.07, 6.45) is 0.888. The molecule has 3 rings (SSSR count). The van der Waals surface area contributed by atoms with Gasteiger partial charge in [0.1, 0.15) is 0 Å². The lowest BCUT2D eigenvalue weighted by Gasteiger charge is -2.22. The third-order valence-electron chi connectivity index (χ3n) is 3.84. The number of nitro groups is 1. The van der Waals surface area contributed by atoms with Gasteiger partial charge in [0.2, 0.25) is 0 Å². The van der Waals surface area contributed by atoms with Gasteiger partial charge in [-0.1, -0.05) is 18.2 Å². The Morgan fingerprint density at radius 1 is 1.26 bits per heavy atom. The number of fused-ring (bicyclic) bond motifs is 1. The number of amides is 1. The second-order valence-corrected chi connectivity index (χ2v) is 6.52. The highest BCUT2D eigenvalue weighted by atomic mass is 32.2. The lowest BCUT2D eigenvalue weighted by molar-refractivity contribution is -0.385. The molecule has 0 fully saturated rings. The van der Waals surface area contributed by atoms with Crippen LogP contribution in [-0.2, 0) is 0 Å². The van der Waals surface area contributed by atoms with Gasteiger partial charge in [0.05, 0.1) is 10.6 Å². The number of benzene rings is 2. The summed E-state index contributed by atoms with van der Waals surface area (Å²) in [5.74, 6) is 0.762. The average molecular weight is 328 g/mol. The topological polar surface area (TPSA) is 63.5 Å². The minimum absolute atomic E-state index is 0.0201. The number of nitrogens with zero attached hydrogens (tertiary/aromatic N) is 2. The molecule has 1 aliphatic rings. The Morgan fingerprint density at radius 3 is 2.83 bits per heavy atom. The number of hydrogen-bond donors (Lipinski definition) is 0. The van der Waals surface area contributed by atoms with Crippen LogP contribution < -0.4 is 4.90 Å². The molecule has 0 aliphatic carbocycles. The maximum absolute atomic E-state index is 12.9. The number of nitro benzene ring substituents is 1. The number of rotatable bonds is 2. The maximum Gasteiger partial charge on any atom is 0.273 e. The van der Waals surface area contributed by atoms with Crippen molar-refractivity contribution in [2.75, 3.05) is 17.2 Å². The molecular weight excluding hydrogens is 312 g/mol. The lowest BCUT2D eigenvalue weighted by Crippen LogP contribution is -2.31. The second kappa shape index (κ2) is 6.42. The minimum atomic E-state index is -0.446. The van der Waals surface area contributed by atoms with Crippen LogP contribution in [0.4, 0.5) is 11.4 Å². The highest BCUT2D eigenvalue weighted by molar-refractivity contribution is 7.99. The molecule has 0 saturated heterocycles. The molecule has 0 aromatic heterocycles. The summed E-state index contributed by atoms with van der Waals surface area (Å²) in [6, 6.07) is 12.4. The second-order valence-electron chi connectivity index (χ2n) is 5.38. The van der Waals surface area contributed by atoms with Crippen LogP contribution >= 0.6 is 11.8 Å². The van der Waals surface area contributed by atoms with Crippen LogP contribution in [0.2, 0.25) is 0 Å². The first-order valence-electron chi connectivity index (χ1n) is 7.36. The third-order valence-corrected chi connectivity index (χ3v) is 4.99. The summed E-state index contributed by atoms with van der Waals surface area (Å²) in [5.41, 5.74) is 1.76. The Balaban J connectivity index is 2.00. The minimum Gasteiger partial charge on any atom is -0.307 e. The van der Waals surface area contributed by atoms with Gasteiger partial charge in [-0.2, -0.15) is 0 Å². The van der Waals surface area contributed by atoms with Crippen LogP contribution in [0.15, 0.2) is 47.4 Å². The Morgan fingerprint density at radius 2 is 2.04 bits per heavy atom. The fraction of sp³-hybridized carbons (Fsp3) is 0.235. The fourth-order valence-corrected chi connectivity index (χ4v) is 3.63. The number of anilines is 1. The number of para-hydroxylation sites is 1. The Bertz CT molecular complexity index is 776.